The Hall–Kier alpha value is -3.09. The standard InChI is InChI=1S/C25H22ClN3O2S/c1-17-7-5-11-20(13-17)27-24(31)22-15-23(30)29(16-18-8-3-2-4-9-18)25(32-22)28-21-12-6-10-19(26)14-21/h2-14,22H,15-16H2,1H3,(H,27,31)/t22-/m1/s1. The Morgan fingerprint density at radius 1 is 1.09 bits per heavy atom. The van der Waals surface area contributed by atoms with Crippen molar-refractivity contribution in [1.82, 2.24) is 4.90 Å². The van der Waals surface area contributed by atoms with Crippen LogP contribution >= 0.6 is 23.4 Å². The summed E-state index contributed by atoms with van der Waals surface area (Å²) in [5.41, 5.74) is 3.38. The lowest BCUT2D eigenvalue weighted by Crippen LogP contribution is -2.44. The molecule has 0 aromatic heterocycles. The van der Waals surface area contributed by atoms with Crippen molar-refractivity contribution in [2.45, 2.75) is 25.1 Å². The van der Waals surface area contributed by atoms with Gasteiger partial charge in [0.15, 0.2) is 5.17 Å². The number of aryl methyl sites for hydroxylation is 1. The Morgan fingerprint density at radius 3 is 2.62 bits per heavy atom. The summed E-state index contributed by atoms with van der Waals surface area (Å²) in [7, 11) is 0. The van der Waals surface area contributed by atoms with Crippen molar-refractivity contribution >= 4 is 51.7 Å². The fraction of sp³-hybridized carbons (Fsp3) is 0.160. The maximum Gasteiger partial charge on any atom is 0.238 e. The summed E-state index contributed by atoms with van der Waals surface area (Å²) in [4.78, 5) is 32.4. The van der Waals surface area contributed by atoms with Crippen LogP contribution in [0.2, 0.25) is 5.02 Å². The summed E-state index contributed by atoms with van der Waals surface area (Å²) in [6.07, 6.45) is 0.101. The van der Waals surface area contributed by atoms with Crippen molar-refractivity contribution in [3.05, 3.63) is 95.0 Å². The minimum absolute atomic E-state index is 0.101. The Morgan fingerprint density at radius 2 is 1.88 bits per heavy atom. The molecule has 3 aromatic carbocycles. The SMILES string of the molecule is Cc1cccc(NC(=O)[C@H]2CC(=O)N(Cc3ccccc3)C(=Nc3cccc(Cl)c3)S2)c1. The van der Waals surface area contributed by atoms with Gasteiger partial charge >= 0.3 is 0 Å². The van der Waals surface area contributed by atoms with Crippen LogP contribution in [0.25, 0.3) is 0 Å². The monoisotopic (exact) mass is 463 g/mol. The second-order valence-electron chi connectivity index (χ2n) is 7.51. The average molecular weight is 464 g/mol. The molecule has 0 unspecified atom stereocenters. The highest BCUT2D eigenvalue weighted by Crippen LogP contribution is 2.31. The van der Waals surface area contributed by atoms with Crippen LogP contribution in [0.3, 0.4) is 0 Å². The quantitative estimate of drug-likeness (QED) is 0.519. The highest BCUT2D eigenvalue weighted by molar-refractivity contribution is 8.15. The molecule has 32 heavy (non-hydrogen) atoms. The number of halogens is 1. The molecule has 5 nitrogen and oxygen atoms in total. The minimum atomic E-state index is -0.576. The third-order valence-electron chi connectivity index (χ3n) is 4.93. The van der Waals surface area contributed by atoms with E-state index in [-0.39, 0.29) is 18.2 Å². The number of nitrogens with zero attached hydrogens (tertiary/aromatic N) is 2. The van der Waals surface area contributed by atoms with Gasteiger partial charge in [-0.2, -0.15) is 0 Å². The molecule has 4 rings (SSSR count). The molecular formula is C25H22ClN3O2S. The maximum atomic E-state index is 13.1. The Labute approximate surface area is 196 Å². The molecule has 0 aliphatic carbocycles. The molecule has 1 aliphatic rings. The predicted octanol–water partition coefficient (Wildman–Crippen LogP) is 5.81. The fourth-order valence-electron chi connectivity index (χ4n) is 3.36. The highest BCUT2D eigenvalue weighted by atomic mass is 35.5. The van der Waals surface area contributed by atoms with Gasteiger partial charge in [-0.15, -0.1) is 0 Å². The molecule has 1 heterocycles. The molecule has 3 aromatic rings. The average Bonchev–Trinajstić information content (AvgIpc) is 2.76. The number of hydrogen-bond donors (Lipinski definition) is 1. The number of carbonyl (C=O) groups excluding carboxylic acids is 2. The number of nitrogens with one attached hydrogen (secondary N) is 1. The first-order chi connectivity index (χ1) is 15.5. The number of amides is 2. The highest BCUT2D eigenvalue weighted by Gasteiger charge is 2.36. The molecule has 0 saturated carbocycles. The van der Waals surface area contributed by atoms with Crippen molar-refractivity contribution in [2.24, 2.45) is 4.99 Å². The van der Waals surface area contributed by atoms with Gasteiger partial charge in [-0.1, -0.05) is 71.9 Å². The van der Waals surface area contributed by atoms with E-state index in [1.54, 1.807) is 23.1 Å². The predicted molar refractivity (Wildman–Crippen MR) is 131 cm³/mol. The molecular weight excluding hydrogens is 442 g/mol. The van der Waals surface area contributed by atoms with Crippen LogP contribution < -0.4 is 5.32 Å². The lowest BCUT2D eigenvalue weighted by Gasteiger charge is -2.32. The normalized spacial score (nSPS) is 17.4. The molecule has 1 aliphatic heterocycles. The summed E-state index contributed by atoms with van der Waals surface area (Å²) < 4.78 is 0. The minimum Gasteiger partial charge on any atom is -0.325 e. The van der Waals surface area contributed by atoms with Crippen molar-refractivity contribution in [2.75, 3.05) is 5.32 Å². The van der Waals surface area contributed by atoms with E-state index in [2.05, 4.69) is 10.3 Å². The number of hydrogen-bond acceptors (Lipinski definition) is 4. The van der Waals surface area contributed by atoms with Crippen LogP contribution in [0.4, 0.5) is 11.4 Å². The van der Waals surface area contributed by atoms with E-state index in [0.717, 1.165) is 11.1 Å². The Kier molecular flexibility index (Phi) is 6.93. The smallest absolute Gasteiger partial charge is 0.238 e. The van der Waals surface area contributed by atoms with Crippen molar-refractivity contribution < 1.29 is 9.59 Å². The number of rotatable bonds is 5. The van der Waals surface area contributed by atoms with E-state index in [4.69, 9.17) is 11.6 Å². The summed E-state index contributed by atoms with van der Waals surface area (Å²) >= 11 is 7.41. The fourth-order valence-corrected chi connectivity index (χ4v) is 4.65. The first-order valence-electron chi connectivity index (χ1n) is 10.2. The lowest BCUT2D eigenvalue weighted by molar-refractivity contribution is -0.129. The van der Waals surface area contributed by atoms with Crippen LogP contribution in [-0.4, -0.2) is 27.1 Å². The van der Waals surface area contributed by atoms with E-state index in [0.29, 0.717) is 28.1 Å². The summed E-state index contributed by atoms with van der Waals surface area (Å²) in [6.45, 7) is 2.35. The van der Waals surface area contributed by atoms with Gasteiger partial charge in [0.05, 0.1) is 12.2 Å². The topological polar surface area (TPSA) is 61.8 Å². The van der Waals surface area contributed by atoms with Crippen molar-refractivity contribution in [1.29, 1.82) is 0 Å². The van der Waals surface area contributed by atoms with Gasteiger partial charge < -0.3 is 5.32 Å². The third kappa shape index (κ3) is 5.58. The Balaban J connectivity index is 1.60. The number of thioether (sulfide) groups is 1. The van der Waals surface area contributed by atoms with E-state index >= 15 is 0 Å². The molecule has 162 valence electrons. The summed E-state index contributed by atoms with van der Waals surface area (Å²) in [6, 6.07) is 24.4. The van der Waals surface area contributed by atoms with Gasteiger partial charge in [-0.25, -0.2) is 4.99 Å². The number of benzene rings is 3. The van der Waals surface area contributed by atoms with Crippen LogP contribution in [0.5, 0.6) is 0 Å². The first-order valence-corrected chi connectivity index (χ1v) is 11.5. The molecule has 1 N–H and O–H groups in total. The second-order valence-corrected chi connectivity index (χ2v) is 9.12. The summed E-state index contributed by atoms with van der Waals surface area (Å²) in [5, 5.41) is 3.39. The van der Waals surface area contributed by atoms with Gasteiger partial charge in [-0.3, -0.25) is 14.5 Å². The molecule has 7 heteroatoms. The van der Waals surface area contributed by atoms with E-state index in [1.165, 1.54) is 11.8 Å². The van der Waals surface area contributed by atoms with Crippen molar-refractivity contribution in [3.63, 3.8) is 0 Å². The summed E-state index contributed by atoms with van der Waals surface area (Å²) in [5.74, 6) is -0.357. The first kappa shape index (κ1) is 22.1. The van der Waals surface area contributed by atoms with E-state index < -0.39 is 5.25 Å². The van der Waals surface area contributed by atoms with E-state index in [1.807, 2.05) is 67.6 Å². The van der Waals surface area contributed by atoms with Crippen LogP contribution in [-0.2, 0) is 16.1 Å². The third-order valence-corrected chi connectivity index (χ3v) is 6.36. The number of anilines is 1. The van der Waals surface area contributed by atoms with Gasteiger partial charge in [0.1, 0.15) is 5.25 Å². The lowest BCUT2D eigenvalue weighted by atomic mass is 10.2. The number of carbonyl (C=O) groups is 2. The largest absolute Gasteiger partial charge is 0.325 e. The zero-order valence-electron chi connectivity index (χ0n) is 17.5. The molecule has 0 radical (unpaired) electrons. The van der Waals surface area contributed by atoms with Crippen LogP contribution in [0.1, 0.15) is 17.5 Å². The number of aliphatic imine (C=N–C) groups is 1. The molecule has 0 spiro atoms. The molecule has 1 saturated heterocycles. The second kappa shape index (κ2) is 10.0. The van der Waals surface area contributed by atoms with Gasteiger partial charge in [0, 0.05) is 17.1 Å². The number of amidine groups is 1. The van der Waals surface area contributed by atoms with Gasteiger partial charge in [0.25, 0.3) is 0 Å². The zero-order valence-corrected chi connectivity index (χ0v) is 19.1. The zero-order chi connectivity index (χ0) is 22.5. The molecule has 2 amide bonds. The molecule has 1 fully saturated rings. The van der Waals surface area contributed by atoms with Crippen molar-refractivity contribution in [3.8, 4) is 0 Å². The molecule has 0 bridgehead atoms. The van der Waals surface area contributed by atoms with E-state index in [9.17, 15) is 9.59 Å². The van der Waals surface area contributed by atoms with Crippen LogP contribution in [0.15, 0.2) is 83.9 Å². The van der Waals surface area contributed by atoms with Gasteiger partial charge in [0.2, 0.25) is 11.8 Å². The Bertz CT molecular complexity index is 1170. The maximum absolute atomic E-state index is 13.1. The molecule has 1 atom stereocenters. The van der Waals surface area contributed by atoms with Crippen LogP contribution in [0, 0.1) is 6.92 Å². The van der Waals surface area contributed by atoms with Gasteiger partial charge in [-0.05, 0) is 48.4 Å².